The monoisotopic (exact) mass is 279 g/mol. The summed E-state index contributed by atoms with van der Waals surface area (Å²) in [7, 11) is 0. The average molecular weight is 279 g/mol. The van der Waals surface area contributed by atoms with E-state index in [1.165, 1.54) is 0 Å². The summed E-state index contributed by atoms with van der Waals surface area (Å²) in [6.45, 7) is 6.19. The Morgan fingerprint density at radius 1 is 1.30 bits per heavy atom. The number of rotatable bonds is 3. The van der Waals surface area contributed by atoms with Crippen LogP contribution in [0, 0.1) is 5.92 Å². The van der Waals surface area contributed by atoms with Crippen LogP contribution >= 0.6 is 0 Å². The summed E-state index contributed by atoms with van der Waals surface area (Å²) in [5.41, 5.74) is 5.98. The first kappa shape index (κ1) is 13.8. The number of nitrogens with one attached hydrogen (secondary N) is 1. The van der Waals surface area contributed by atoms with Gasteiger partial charge >= 0.3 is 0 Å². The molecule has 0 radical (unpaired) electrons. The van der Waals surface area contributed by atoms with E-state index in [-0.39, 0.29) is 12.1 Å². The molecular formula is C14H25N5O. The normalized spacial score (nSPS) is 29.9. The highest BCUT2D eigenvalue weighted by Crippen LogP contribution is 2.31. The fourth-order valence-corrected chi connectivity index (χ4v) is 3.18. The van der Waals surface area contributed by atoms with Gasteiger partial charge < -0.3 is 15.4 Å². The van der Waals surface area contributed by atoms with Crippen LogP contribution in [-0.2, 0) is 4.74 Å². The van der Waals surface area contributed by atoms with Crippen molar-refractivity contribution < 1.29 is 4.74 Å². The van der Waals surface area contributed by atoms with Gasteiger partial charge in [0, 0.05) is 19.1 Å². The van der Waals surface area contributed by atoms with Gasteiger partial charge in [-0.05, 0) is 45.4 Å². The molecule has 112 valence electrons. The van der Waals surface area contributed by atoms with E-state index in [4.69, 9.17) is 10.5 Å². The first-order valence-electron chi connectivity index (χ1n) is 7.71. The van der Waals surface area contributed by atoms with Gasteiger partial charge in [0.2, 0.25) is 5.95 Å². The summed E-state index contributed by atoms with van der Waals surface area (Å²) < 4.78 is 5.83. The van der Waals surface area contributed by atoms with Crippen molar-refractivity contribution in [2.75, 3.05) is 18.0 Å². The summed E-state index contributed by atoms with van der Waals surface area (Å²) in [6, 6.07) is 0.285. The number of piperidine rings is 1. The highest BCUT2D eigenvalue weighted by atomic mass is 16.5. The summed E-state index contributed by atoms with van der Waals surface area (Å²) in [5.74, 6) is 2.31. The molecule has 3 atom stereocenters. The Morgan fingerprint density at radius 3 is 2.65 bits per heavy atom. The standard InChI is InChI=1S/C14H25N5O/c1-9-3-4-12(20-9)13-16-14(18-17-13)19-7-5-11(6-8-19)10(2)15/h9-12H,3-8,15H2,1-2H3,(H,16,17,18). The first-order valence-corrected chi connectivity index (χ1v) is 7.71. The molecule has 6 heteroatoms. The molecule has 0 amide bonds. The van der Waals surface area contributed by atoms with Gasteiger partial charge in [-0.15, -0.1) is 5.10 Å². The molecule has 2 aliphatic heterocycles. The van der Waals surface area contributed by atoms with Crippen LogP contribution in [0.1, 0.15) is 51.5 Å². The highest BCUT2D eigenvalue weighted by Gasteiger charge is 2.28. The molecule has 0 spiro atoms. The molecule has 3 heterocycles. The second-order valence-corrected chi connectivity index (χ2v) is 6.22. The van der Waals surface area contributed by atoms with E-state index in [9.17, 15) is 0 Å². The Hall–Kier alpha value is -1.14. The van der Waals surface area contributed by atoms with Gasteiger partial charge in [-0.3, -0.25) is 5.10 Å². The molecular weight excluding hydrogens is 254 g/mol. The van der Waals surface area contributed by atoms with E-state index in [2.05, 4.69) is 33.9 Å². The molecule has 2 saturated heterocycles. The predicted octanol–water partition coefficient (Wildman–Crippen LogP) is 1.61. The van der Waals surface area contributed by atoms with Crippen LogP contribution < -0.4 is 10.6 Å². The van der Waals surface area contributed by atoms with Crippen molar-refractivity contribution in [3.8, 4) is 0 Å². The van der Waals surface area contributed by atoms with Gasteiger partial charge in [0.05, 0.1) is 6.10 Å². The third-order valence-electron chi connectivity index (χ3n) is 4.59. The summed E-state index contributed by atoms with van der Waals surface area (Å²) in [5, 5.41) is 7.40. The van der Waals surface area contributed by atoms with E-state index in [1.54, 1.807) is 0 Å². The fraction of sp³-hybridized carbons (Fsp3) is 0.857. The number of hydrogen-bond donors (Lipinski definition) is 2. The quantitative estimate of drug-likeness (QED) is 0.878. The van der Waals surface area contributed by atoms with E-state index in [1.807, 2.05) is 0 Å². The van der Waals surface area contributed by atoms with E-state index < -0.39 is 0 Å². The smallest absolute Gasteiger partial charge is 0.244 e. The number of H-pyrrole nitrogens is 1. The van der Waals surface area contributed by atoms with Crippen LogP contribution in [-0.4, -0.2) is 40.4 Å². The summed E-state index contributed by atoms with van der Waals surface area (Å²) in [6.07, 6.45) is 4.79. The van der Waals surface area contributed by atoms with Crippen LogP contribution in [0.4, 0.5) is 5.95 Å². The van der Waals surface area contributed by atoms with Crippen LogP contribution in [0.5, 0.6) is 0 Å². The molecule has 0 aromatic carbocycles. The Morgan fingerprint density at radius 2 is 2.05 bits per heavy atom. The number of ether oxygens (including phenoxy) is 1. The van der Waals surface area contributed by atoms with Crippen molar-refractivity contribution in [1.29, 1.82) is 0 Å². The topological polar surface area (TPSA) is 80.1 Å². The maximum atomic E-state index is 5.98. The molecule has 2 aliphatic rings. The van der Waals surface area contributed by atoms with Crippen LogP contribution in [0.3, 0.4) is 0 Å². The van der Waals surface area contributed by atoms with Crippen molar-refractivity contribution >= 4 is 5.95 Å². The maximum Gasteiger partial charge on any atom is 0.244 e. The minimum absolute atomic E-state index is 0.0906. The SMILES string of the molecule is CC1CCC(c2nc(N3CCC(C(C)N)CC3)n[nH]2)O1. The van der Waals surface area contributed by atoms with Gasteiger partial charge in [-0.2, -0.15) is 4.98 Å². The number of nitrogens with zero attached hydrogens (tertiary/aromatic N) is 3. The number of nitrogens with two attached hydrogens (primary N) is 1. The average Bonchev–Trinajstić information content (AvgIpc) is 3.07. The molecule has 0 bridgehead atoms. The lowest BCUT2D eigenvalue weighted by atomic mass is 9.91. The zero-order chi connectivity index (χ0) is 14.1. The number of anilines is 1. The third kappa shape index (κ3) is 2.81. The number of aromatic amines is 1. The van der Waals surface area contributed by atoms with Gasteiger partial charge in [-0.25, -0.2) is 0 Å². The Labute approximate surface area is 120 Å². The zero-order valence-electron chi connectivity index (χ0n) is 12.4. The van der Waals surface area contributed by atoms with Crippen LogP contribution in [0.2, 0.25) is 0 Å². The first-order chi connectivity index (χ1) is 9.63. The molecule has 20 heavy (non-hydrogen) atoms. The lowest BCUT2D eigenvalue weighted by molar-refractivity contribution is 0.0505. The van der Waals surface area contributed by atoms with Crippen molar-refractivity contribution in [1.82, 2.24) is 15.2 Å². The predicted molar refractivity (Wildman–Crippen MR) is 77.5 cm³/mol. The second-order valence-electron chi connectivity index (χ2n) is 6.22. The molecule has 2 fully saturated rings. The molecule has 3 rings (SSSR count). The molecule has 1 aromatic heterocycles. The van der Waals surface area contributed by atoms with Crippen molar-refractivity contribution in [3.63, 3.8) is 0 Å². The minimum Gasteiger partial charge on any atom is -0.367 e. The summed E-state index contributed by atoms with van der Waals surface area (Å²) in [4.78, 5) is 6.87. The number of hydrogen-bond acceptors (Lipinski definition) is 5. The Balaban J connectivity index is 1.60. The van der Waals surface area contributed by atoms with Gasteiger partial charge in [-0.1, -0.05) is 0 Å². The van der Waals surface area contributed by atoms with Gasteiger partial charge in [0.25, 0.3) is 0 Å². The largest absolute Gasteiger partial charge is 0.367 e. The van der Waals surface area contributed by atoms with Gasteiger partial charge in [0.1, 0.15) is 6.10 Å². The zero-order valence-corrected chi connectivity index (χ0v) is 12.4. The fourth-order valence-electron chi connectivity index (χ4n) is 3.18. The lowest BCUT2D eigenvalue weighted by Crippen LogP contribution is -2.40. The molecule has 3 N–H and O–H groups in total. The molecule has 6 nitrogen and oxygen atoms in total. The van der Waals surface area contributed by atoms with E-state index >= 15 is 0 Å². The molecule has 3 unspecified atom stereocenters. The Bertz CT molecular complexity index is 439. The maximum absolute atomic E-state index is 5.98. The Kier molecular flexibility index (Phi) is 3.94. The van der Waals surface area contributed by atoms with Crippen molar-refractivity contribution in [2.24, 2.45) is 11.7 Å². The molecule has 1 aromatic rings. The minimum atomic E-state index is 0.0906. The second kappa shape index (κ2) is 5.69. The highest BCUT2D eigenvalue weighted by molar-refractivity contribution is 5.29. The van der Waals surface area contributed by atoms with Gasteiger partial charge in [0.15, 0.2) is 5.82 Å². The van der Waals surface area contributed by atoms with E-state index in [0.29, 0.717) is 12.0 Å². The van der Waals surface area contributed by atoms with Crippen molar-refractivity contribution in [3.05, 3.63) is 5.82 Å². The summed E-state index contributed by atoms with van der Waals surface area (Å²) >= 11 is 0. The molecule has 0 saturated carbocycles. The van der Waals surface area contributed by atoms with Crippen molar-refractivity contribution in [2.45, 2.75) is 57.8 Å². The molecule has 0 aliphatic carbocycles. The third-order valence-corrected chi connectivity index (χ3v) is 4.59. The van der Waals surface area contributed by atoms with Crippen LogP contribution in [0.15, 0.2) is 0 Å². The lowest BCUT2D eigenvalue weighted by Gasteiger charge is -2.32. The van der Waals surface area contributed by atoms with Crippen LogP contribution in [0.25, 0.3) is 0 Å². The van der Waals surface area contributed by atoms with E-state index in [0.717, 1.165) is 50.5 Å². The number of aromatic nitrogens is 3.